The first-order valence-electron chi connectivity index (χ1n) is 8.19. The molecule has 0 radical (unpaired) electrons. The number of carboxylic acid groups (broad SMARTS) is 1. The van der Waals surface area contributed by atoms with E-state index in [0.717, 1.165) is 30.6 Å². The highest BCUT2D eigenvalue weighted by atomic mass is 32.1. The lowest BCUT2D eigenvalue weighted by atomic mass is 9.84. The summed E-state index contributed by atoms with van der Waals surface area (Å²) in [4.78, 5) is 31.3. The molecule has 1 saturated heterocycles. The number of carboxylic acids is 1. The van der Waals surface area contributed by atoms with Gasteiger partial charge in [0.05, 0.1) is 4.88 Å². The molecule has 3 heterocycles. The van der Waals surface area contributed by atoms with Gasteiger partial charge in [0, 0.05) is 6.04 Å². The van der Waals surface area contributed by atoms with Gasteiger partial charge in [-0.05, 0) is 36.6 Å². The first-order chi connectivity index (χ1) is 11.7. The molecule has 1 amide bonds. The van der Waals surface area contributed by atoms with Crippen molar-refractivity contribution in [1.82, 2.24) is 9.88 Å². The minimum Gasteiger partial charge on any atom is -0.480 e. The van der Waals surface area contributed by atoms with E-state index in [-0.39, 0.29) is 23.6 Å². The zero-order chi connectivity index (χ0) is 16.7. The average Bonchev–Trinajstić information content (AvgIpc) is 3.31. The summed E-state index contributed by atoms with van der Waals surface area (Å²) in [5, 5.41) is 11.5. The Balaban J connectivity index is 1.70. The van der Waals surface area contributed by atoms with Gasteiger partial charge >= 0.3 is 5.97 Å². The Kier molecular flexibility index (Phi) is 3.88. The number of amides is 1. The summed E-state index contributed by atoms with van der Waals surface area (Å²) in [7, 11) is 0. The maximum atomic E-state index is 13.1. The average molecular weight is 346 g/mol. The van der Waals surface area contributed by atoms with Gasteiger partial charge in [-0.25, -0.2) is 9.78 Å². The number of nitrogens with zero attached hydrogens (tertiary/aromatic N) is 2. The lowest BCUT2D eigenvalue weighted by Gasteiger charge is -2.32. The van der Waals surface area contributed by atoms with Crippen molar-refractivity contribution < 1.29 is 19.1 Å². The Labute approximate surface area is 143 Å². The molecule has 0 aromatic carbocycles. The van der Waals surface area contributed by atoms with Crippen LogP contribution >= 0.6 is 11.3 Å². The number of thiophene rings is 1. The first-order valence-corrected chi connectivity index (χ1v) is 9.07. The van der Waals surface area contributed by atoms with Crippen molar-refractivity contribution in [2.75, 3.05) is 0 Å². The molecule has 0 bridgehead atoms. The van der Waals surface area contributed by atoms with Gasteiger partial charge in [-0.1, -0.05) is 18.9 Å². The minimum atomic E-state index is -0.932. The Morgan fingerprint density at radius 1 is 1.33 bits per heavy atom. The van der Waals surface area contributed by atoms with Gasteiger partial charge in [-0.15, -0.1) is 11.3 Å². The van der Waals surface area contributed by atoms with Crippen molar-refractivity contribution in [1.29, 1.82) is 0 Å². The van der Waals surface area contributed by atoms with Crippen LogP contribution in [0.15, 0.2) is 28.3 Å². The SMILES string of the molecule is O=C(O)[C@@H]1C[C@H]2CCCC[C@@H]2N1C(=O)c1ncoc1-c1cccs1. The molecule has 4 rings (SSSR count). The van der Waals surface area contributed by atoms with E-state index in [9.17, 15) is 14.7 Å². The van der Waals surface area contributed by atoms with E-state index >= 15 is 0 Å². The second-order valence-corrected chi connectivity index (χ2v) is 7.37. The van der Waals surface area contributed by atoms with Crippen LogP contribution in [0, 0.1) is 5.92 Å². The highest BCUT2D eigenvalue weighted by Gasteiger charge is 2.48. The van der Waals surface area contributed by atoms with E-state index in [1.807, 2.05) is 17.5 Å². The van der Waals surface area contributed by atoms with E-state index in [0.29, 0.717) is 12.2 Å². The largest absolute Gasteiger partial charge is 0.480 e. The summed E-state index contributed by atoms with van der Waals surface area (Å²) >= 11 is 1.46. The van der Waals surface area contributed by atoms with Gasteiger partial charge in [0.15, 0.2) is 17.8 Å². The highest BCUT2D eigenvalue weighted by molar-refractivity contribution is 7.13. The highest BCUT2D eigenvalue weighted by Crippen LogP contribution is 2.41. The molecule has 2 aromatic rings. The molecule has 2 aliphatic rings. The van der Waals surface area contributed by atoms with Gasteiger partial charge in [0.2, 0.25) is 0 Å². The van der Waals surface area contributed by atoms with Crippen LogP contribution in [-0.2, 0) is 4.79 Å². The second kappa shape index (κ2) is 6.05. The van der Waals surface area contributed by atoms with Crippen LogP contribution in [0.25, 0.3) is 10.6 Å². The van der Waals surface area contributed by atoms with Crippen molar-refractivity contribution in [2.24, 2.45) is 5.92 Å². The number of aliphatic carboxylic acids is 1. The molecule has 1 aliphatic heterocycles. The molecular formula is C17H18N2O4S. The van der Waals surface area contributed by atoms with Crippen molar-refractivity contribution in [2.45, 2.75) is 44.2 Å². The molecule has 1 saturated carbocycles. The van der Waals surface area contributed by atoms with Crippen molar-refractivity contribution in [3.05, 3.63) is 29.6 Å². The van der Waals surface area contributed by atoms with Gasteiger partial charge in [-0.2, -0.15) is 0 Å². The molecule has 2 aromatic heterocycles. The summed E-state index contributed by atoms with van der Waals surface area (Å²) in [6.07, 6.45) is 5.80. The normalized spacial score (nSPS) is 26.3. The van der Waals surface area contributed by atoms with E-state index in [2.05, 4.69) is 4.98 Å². The van der Waals surface area contributed by atoms with Crippen LogP contribution < -0.4 is 0 Å². The van der Waals surface area contributed by atoms with Crippen molar-refractivity contribution in [3.63, 3.8) is 0 Å². The maximum absolute atomic E-state index is 13.1. The van der Waals surface area contributed by atoms with E-state index in [1.54, 1.807) is 4.90 Å². The summed E-state index contributed by atoms with van der Waals surface area (Å²) < 4.78 is 5.43. The Hall–Kier alpha value is -2.15. The third-order valence-corrected chi connectivity index (χ3v) is 5.99. The van der Waals surface area contributed by atoms with Gasteiger partial charge in [0.25, 0.3) is 5.91 Å². The van der Waals surface area contributed by atoms with E-state index in [1.165, 1.54) is 17.7 Å². The third kappa shape index (κ3) is 2.43. The fraction of sp³-hybridized carbons (Fsp3) is 0.471. The topological polar surface area (TPSA) is 83.6 Å². The molecule has 7 heteroatoms. The van der Waals surface area contributed by atoms with Gasteiger partial charge in [-0.3, -0.25) is 4.79 Å². The molecule has 126 valence electrons. The predicted octanol–water partition coefficient (Wildman–Crippen LogP) is 3.26. The molecule has 2 fully saturated rings. The van der Waals surface area contributed by atoms with Crippen LogP contribution in [0.2, 0.25) is 0 Å². The van der Waals surface area contributed by atoms with Crippen LogP contribution in [0.4, 0.5) is 0 Å². The predicted molar refractivity (Wildman–Crippen MR) is 87.8 cm³/mol. The second-order valence-electron chi connectivity index (χ2n) is 6.42. The number of oxazole rings is 1. The van der Waals surface area contributed by atoms with Crippen LogP contribution in [0.5, 0.6) is 0 Å². The Morgan fingerprint density at radius 3 is 2.92 bits per heavy atom. The van der Waals surface area contributed by atoms with Gasteiger partial charge in [0.1, 0.15) is 6.04 Å². The monoisotopic (exact) mass is 346 g/mol. The van der Waals surface area contributed by atoms with Crippen LogP contribution in [-0.4, -0.2) is 39.0 Å². The maximum Gasteiger partial charge on any atom is 0.326 e. The number of carbonyl (C=O) groups is 2. The first kappa shape index (κ1) is 15.4. The molecule has 0 spiro atoms. The zero-order valence-corrected chi connectivity index (χ0v) is 13.9. The molecule has 0 unspecified atom stereocenters. The summed E-state index contributed by atoms with van der Waals surface area (Å²) in [6.45, 7) is 0. The molecule has 1 N–H and O–H groups in total. The zero-order valence-electron chi connectivity index (χ0n) is 13.1. The number of carbonyl (C=O) groups excluding carboxylic acids is 1. The Bertz CT molecular complexity index is 754. The summed E-state index contributed by atoms with van der Waals surface area (Å²) in [5.41, 5.74) is 0.218. The third-order valence-electron chi connectivity index (χ3n) is 5.12. The number of aromatic nitrogens is 1. The molecular weight excluding hydrogens is 328 g/mol. The van der Waals surface area contributed by atoms with E-state index in [4.69, 9.17) is 4.42 Å². The standard InChI is InChI=1S/C17H18N2O4S/c20-16(14-15(23-9-18-14)13-6-3-7-24-13)19-11-5-2-1-4-10(11)8-12(19)17(21)22/h3,6-7,9-12H,1-2,4-5,8H2,(H,21,22)/t10-,11+,12+/m1/s1. The summed E-state index contributed by atoms with van der Waals surface area (Å²) in [6, 6.07) is 2.98. The van der Waals surface area contributed by atoms with Crippen molar-refractivity contribution in [3.8, 4) is 10.6 Å². The Morgan fingerprint density at radius 2 is 2.17 bits per heavy atom. The smallest absolute Gasteiger partial charge is 0.326 e. The fourth-order valence-electron chi connectivity index (χ4n) is 4.08. The van der Waals surface area contributed by atoms with Crippen LogP contribution in [0.3, 0.4) is 0 Å². The number of fused-ring (bicyclic) bond motifs is 1. The van der Waals surface area contributed by atoms with Crippen LogP contribution in [0.1, 0.15) is 42.6 Å². The summed E-state index contributed by atoms with van der Waals surface area (Å²) in [5.74, 6) is -0.549. The number of hydrogen-bond acceptors (Lipinski definition) is 5. The number of hydrogen-bond donors (Lipinski definition) is 1. The van der Waals surface area contributed by atoms with Gasteiger partial charge < -0.3 is 14.4 Å². The molecule has 24 heavy (non-hydrogen) atoms. The molecule has 3 atom stereocenters. The number of rotatable bonds is 3. The molecule has 1 aliphatic carbocycles. The van der Waals surface area contributed by atoms with Crippen molar-refractivity contribution >= 4 is 23.2 Å². The minimum absolute atomic E-state index is 0.000218. The lowest BCUT2D eigenvalue weighted by molar-refractivity contribution is -0.141. The fourth-order valence-corrected chi connectivity index (χ4v) is 4.79. The van der Waals surface area contributed by atoms with E-state index < -0.39 is 12.0 Å². The number of likely N-dealkylation sites (tertiary alicyclic amines) is 1. The lowest BCUT2D eigenvalue weighted by Crippen LogP contribution is -2.46. The quantitative estimate of drug-likeness (QED) is 0.922. The molecule has 6 nitrogen and oxygen atoms in total.